The Morgan fingerprint density at radius 3 is 2.45 bits per heavy atom. The first-order valence-electron chi connectivity index (χ1n) is 7.06. The highest BCUT2D eigenvalue weighted by molar-refractivity contribution is 7.18. The first-order chi connectivity index (χ1) is 9.32. The number of piperidine rings is 1. The normalized spacial score (nSPS) is 17.3. The van der Waals surface area contributed by atoms with E-state index in [2.05, 4.69) is 31.1 Å². The van der Waals surface area contributed by atoms with Crippen molar-refractivity contribution >= 4 is 28.2 Å². The Morgan fingerprint density at radius 1 is 1.40 bits per heavy atom. The fraction of sp³-hybridized carbons (Fsp3) is 0.714. The van der Waals surface area contributed by atoms with E-state index in [1.165, 1.54) is 11.3 Å². The molecule has 0 bridgehead atoms. The van der Waals surface area contributed by atoms with Crippen molar-refractivity contribution in [3.05, 3.63) is 4.88 Å². The zero-order valence-corrected chi connectivity index (χ0v) is 13.5. The summed E-state index contributed by atoms with van der Waals surface area (Å²) in [5.74, 6) is 1.04. The largest absolute Gasteiger partial charge is 0.382 e. The predicted molar refractivity (Wildman–Crippen MR) is 84.2 cm³/mol. The van der Waals surface area contributed by atoms with Gasteiger partial charge in [-0.15, -0.1) is 0 Å². The molecule has 0 unspecified atom stereocenters. The lowest BCUT2D eigenvalue weighted by atomic mass is 9.75. The van der Waals surface area contributed by atoms with E-state index in [4.69, 9.17) is 5.73 Å². The number of hydrogen-bond donors (Lipinski definition) is 2. The highest BCUT2D eigenvalue weighted by Gasteiger charge is 2.31. The number of anilines is 2. The molecule has 0 aromatic carbocycles. The molecule has 1 amide bonds. The van der Waals surface area contributed by atoms with Crippen molar-refractivity contribution in [1.29, 1.82) is 0 Å². The Morgan fingerprint density at radius 2 is 2.00 bits per heavy atom. The summed E-state index contributed by atoms with van der Waals surface area (Å²) < 4.78 is 0. The van der Waals surface area contributed by atoms with Crippen LogP contribution in [-0.2, 0) is 0 Å². The molecule has 1 aromatic rings. The third kappa shape index (κ3) is 3.06. The van der Waals surface area contributed by atoms with Crippen LogP contribution in [0.5, 0.6) is 0 Å². The van der Waals surface area contributed by atoms with E-state index in [9.17, 15) is 4.79 Å². The number of likely N-dealkylation sites (tertiary alicyclic amines) is 1. The highest BCUT2D eigenvalue weighted by Crippen LogP contribution is 2.35. The number of nitrogens with zero attached hydrogens (tertiary/aromatic N) is 2. The van der Waals surface area contributed by atoms with Crippen molar-refractivity contribution in [2.24, 2.45) is 11.3 Å². The van der Waals surface area contributed by atoms with Crippen LogP contribution in [0.4, 0.5) is 10.9 Å². The molecule has 6 heteroatoms. The minimum absolute atomic E-state index is 0.0221. The predicted octanol–water partition coefficient (Wildman–Crippen LogP) is 2.67. The van der Waals surface area contributed by atoms with Crippen molar-refractivity contribution < 1.29 is 4.79 Å². The molecule has 0 saturated carbocycles. The number of thiazole rings is 1. The quantitative estimate of drug-likeness (QED) is 0.880. The monoisotopic (exact) mass is 296 g/mol. The van der Waals surface area contributed by atoms with Gasteiger partial charge in [-0.05, 0) is 24.2 Å². The van der Waals surface area contributed by atoms with Crippen LogP contribution in [0.2, 0.25) is 0 Å². The molecule has 1 aromatic heterocycles. The molecule has 1 aliphatic heterocycles. The maximum atomic E-state index is 12.5. The van der Waals surface area contributed by atoms with Gasteiger partial charge in [-0.1, -0.05) is 32.1 Å². The molecule has 2 rings (SSSR count). The third-order valence-corrected chi connectivity index (χ3v) is 5.15. The summed E-state index contributed by atoms with van der Waals surface area (Å²) in [5, 5.41) is 3.62. The Balaban J connectivity index is 2.03. The fourth-order valence-electron chi connectivity index (χ4n) is 2.68. The average Bonchev–Trinajstić information content (AvgIpc) is 2.78. The molecule has 5 nitrogen and oxygen atoms in total. The standard InChI is InChI=1S/C14H24N4OS/c1-14(2,3)9-5-7-18(8-6-9)12(19)10-11(15)17-13(16-4)20-10/h9H,5-8,15H2,1-4H3,(H,16,17). The van der Waals surface area contributed by atoms with Gasteiger partial charge in [-0.3, -0.25) is 4.79 Å². The Bertz CT molecular complexity index is 484. The number of nitrogens with two attached hydrogens (primary N) is 1. The highest BCUT2D eigenvalue weighted by atomic mass is 32.1. The smallest absolute Gasteiger partial charge is 0.267 e. The van der Waals surface area contributed by atoms with Crippen LogP contribution in [0.25, 0.3) is 0 Å². The molecular formula is C14H24N4OS. The van der Waals surface area contributed by atoms with Gasteiger partial charge in [0.1, 0.15) is 10.7 Å². The van der Waals surface area contributed by atoms with Crippen molar-refractivity contribution in [2.45, 2.75) is 33.6 Å². The number of carbonyl (C=O) groups is 1. The second kappa shape index (κ2) is 5.60. The zero-order valence-electron chi connectivity index (χ0n) is 12.7. The summed E-state index contributed by atoms with van der Waals surface area (Å²) >= 11 is 1.33. The lowest BCUT2D eigenvalue weighted by Gasteiger charge is -2.38. The van der Waals surface area contributed by atoms with Crippen LogP contribution in [0.15, 0.2) is 0 Å². The number of rotatable bonds is 2. The summed E-state index contributed by atoms with van der Waals surface area (Å²) in [6.07, 6.45) is 2.12. The number of amides is 1. The molecule has 3 N–H and O–H groups in total. The van der Waals surface area contributed by atoms with Gasteiger partial charge >= 0.3 is 0 Å². The van der Waals surface area contributed by atoms with E-state index < -0.39 is 0 Å². The third-order valence-electron chi connectivity index (χ3n) is 4.07. The van der Waals surface area contributed by atoms with E-state index in [-0.39, 0.29) is 5.91 Å². The minimum Gasteiger partial charge on any atom is -0.382 e. The minimum atomic E-state index is 0.0221. The van der Waals surface area contributed by atoms with Gasteiger partial charge in [0.2, 0.25) is 0 Å². The van der Waals surface area contributed by atoms with Crippen molar-refractivity contribution in [1.82, 2.24) is 9.88 Å². The molecule has 0 atom stereocenters. The molecule has 1 aliphatic rings. The van der Waals surface area contributed by atoms with E-state index in [0.717, 1.165) is 25.9 Å². The second-order valence-electron chi connectivity index (χ2n) is 6.42. The SMILES string of the molecule is CNc1nc(N)c(C(=O)N2CCC(C(C)(C)C)CC2)s1. The van der Waals surface area contributed by atoms with Gasteiger partial charge in [0.05, 0.1) is 0 Å². The van der Waals surface area contributed by atoms with Gasteiger partial charge in [0, 0.05) is 20.1 Å². The molecule has 0 spiro atoms. The average molecular weight is 296 g/mol. The topological polar surface area (TPSA) is 71.2 Å². The van der Waals surface area contributed by atoms with Crippen LogP contribution in [-0.4, -0.2) is 35.9 Å². The maximum absolute atomic E-state index is 12.5. The summed E-state index contributed by atoms with van der Waals surface area (Å²) in [4.78, 5) is 19.1. The summed E-state index contributed by atoms with van der Waals surface area (Å²) in [6, 6.07) is 0. The Kier molecular flexibility index (Phi) is 4.22. The van der Waals surface area contributed by atoms with E-state index >= 15 is 0 Å². The number of nitrogens with one attached hydrogen (secondary N) is 1. The van der Waals surface area contributed by atoms with Gasteiger partial charge in [-0.2, -0.15) is 0 Å². The molecule has 0 aliphatic carbocycles. The molecule has 0 radical (unpaired) electrons. The zero-order chi connectivity index (χ0) is 14.9. The van der Waals surface area contributed by atoms with Crippen LogP contribution < -0.4 is 11.1 Å². The number of carbonyl (C=O) groups excluding carboxylic acids is 1. The van der Waals surface area contributed by atoms with Crippen LogP contribution >= 0.6 is 11.3 Å². The number of aromatic nitrogens is 1. The maximum Gasteiger partial charge on any atom is 0.267 e. The van der Waals surface area contributed by atoms with E-state index in [0.29, 0.717) is 27.2 Å². The second-order valence-corrected chi connectivity index (χ2v) is 7.41. The molecule has 112 valence electrons. The van der Waals surface area contributed by atoms with Crippen LogP contribution in [0.1, 0.15) is 43.3 Å². The van der Waals surface area contributed by atoms with Crippen molar-refractivity contribution in [2.75, 3.05) is 31.2 Å². The molecular weight excluding hydrogens is 272 g/mol. The fourth-order valence-corrected chi connectivity index (χ4v) is 3.49. The molecule has 20 heavy (non-hydrogen) atoms. The van der Waals surface area contributed by atoms with E-state index in [1.807, 2.05) is 4.90 Å². The van der Waals surface area contributed by atoms with Crippen molar-refractivity contribution in [3.63, 3.8) is 0 Å². The van der Waals surface area contributed by atoms with Crippen molar-refractivity contribution in [3.8, 4) is 0 Å². The number of hydrogen-bond acceptors (Lipinski definition) is 5. The van der Waals surface area contributed by atoms with E-state index in [1.54, 1.807) is 7.05 Å². The summed E-state index contributed by atoms with van der Waals surface area (Å²) in [7, 11) is 1.78. The summed E-state index contributed by atoms with van der Waals surface area (Å²) in [5.41, 5.74) is 6.15. The first kappa shape index (κ1) is 15.1. The van der Waals surface area contributed by atoms with Gasteiger partial charge < -0.3 is 16.0 Å². The molecule has 1 fully saturated rings. The summed E-state index contributed by atoms with van der Waals surface area (Å²) in [6.45, 7) is 8.44. The molecule has 2 heterocycles. The van der Waals surface area contributed by atoms with Gasteiger partial charge in [-0.25, -0.2) is 4.98 Å². The van der Waals surface area contributed by atoms with Gasteiger partial charge in [0.25, 0.3) is 5.91 Å². The lowest BCUT2D eigenvalue weighted by molar-refractivity contribution is 0.0614. The first-order valence-corrected chi connectivity index (χ1v) is 7.88. The Labute approximate surface area is 124 Å². The van der Waals surface area contributed by atoms with Gasteiger partial charge in [0.15, 0.2) is 5.13 Å². The number of nitrogen functional groups attached to an aromatic ring is 1. The Hall–Kier alpha value is -1.30. The van der Waals surface area contributed by atoms with Crippen LogP contribution in [0.3, 0.4) is 0 Å². The lowest BCUT2D eigenvalue weighted by Crippen LogP contribution is -2.41. The van der Waals surface area contributed by atoms with Crippen LogP contribution in [0, 0.1) is 11.3 Å². The molecule has 1 saturated heterocycles.